The number of nitrogens with zero attached hydrogens (tertiary/aromatic N) is 2. The summed E-state index contributed by atoms with van der Waals surface area (Å²) in [6.07, 6.45) is 0. The summed E-state index contributed by atoms with van der Waals surface area (Å²) in [5.74, 6) is -3.04. The van der Waals surface area contributed by atoms with Crippen LogP contribution in [0.5, 0.6) is 0 Å². The lowest BCUT2D eigenvalue weighted by molar-refractivity contribution is 0.512. The number of anilines is 3. The Bertz CT molecular complexity index is 1430. The lowest BCUT2D eigenvalue weighted by atomic mass is 10.2. The molecule has 0 amide bonds. The van der Waals surface area contributed by atoms with Crippen LogP contribution in [-0.2, 0) is 10.0 Å². The lowest BCUT2D eigenvalue weighted by Gasteiger charge is -2.15. The van der Waals surface area contributed by atoms with E-state index >= 15 is 0 Å². The number of hydrogen-bond donors (Lipinski definition) is 2. The van der Waals surface area contributed by atoms with Gasteiger partial charge in [0.15, 0.2) is 17.5 Å². The summed E-state index contributed by atoms with van der Waals surface area (Å²) in [5.41, 5.74) is -1.01. The monoisotopic (exact) mass is 628 g/mol. The van der Waals surface area contributed by atoms with Gasteiger partial charge in [0, 0.05) is 3.57 Å². The number of halogens is 5. The van der Waals surface area contributed by atoms with Crippen molar-refractivity contribution in [2.24, 2.45) is 0 Å². The van der Waals surface area contributed by atoms with Crippen molar-refractivity contribution in [2.75, 3.05) is 10.0 Å². The van der Waals surface area contributed by atoms with Crippen LogP contribution in [-0.4, -0.2) is 17.8 Å². The second-order valence-electron chi connectivity index (χ2n) is 6.13. The van der Waals surface area contributed by atoms with Crippen molar-refractivity contribution in [3.8, 4) is 10.7 Å². The van der Waals surface area contributed by atoms with E-state index in [-0.39, 0.29) is 25.9 Å². The Morgan fingerprint density at radius 3 is 2.44 bits per heavy atom. The Morgan fingerprint density at radius 1 is 1.00 bits per heavy atom. The molecule has 0 saturated carbocycles. The standard InChI is InChI=1S/C18H9ClF3IN4O2S3/c19-18-25-17(26-31-18)13-5-6-14(30-13)32(28,29)27-12-4-2-9(20)15(22)16(12)24-11-3-1-8(23)7-10(11)21/h1-7,24,27H. The zero-order chi connectivity index (χ0) is 23.0. The molecule has 2 heterocycles. The van der Waals surface area contributed by atoms with E-state index in [0.717, 1.165) is 35.0 Å². The van der Waals surface area contributed by atoms with Gasteiger partial charge in [0.2, 0.25) is 4.47 Å². The first-order chi connectivity index (χ1) is 15.1. The highest BCUT2D eigenvalue weighted by Crippen LogP contribution is 2.35. The molecule has 4 aromatic rings. The van der Waals surface area contributed by atoms with Crippen LogP contribution in [0.2, 0.25) is 4.47 Å². The highest BCUT2D eigenvalue weighted by Gasteiger charge is 2.23. The first kappa shape index (κ1) is 23.2. The second-order valence-corrected chi connectivity index (χ2v) is 11.7. The van der Waals surface area contributed by atoms with Crippen LogP contribution < -0.4 is 10.0 Å². The topological polar surface area (TPSA) is 84.0 Å². The fraction of sp³-hybridized carbons (Fsp3) is 0. The van der Waals surface area contributed by atoms with Gasteiger partial charge in [-0.1, -0.05) is 0 Å². The number of thiophene rings is 1. The highest BCUT2D eigenvalue weighted by molar-refractivity contribution is 14.1. The van der Waals surface area contributed by atoms with Gasteiger partial charge in [0.05, 0.1) is 16.3 Å². The van der Waals surface area contributed by atoms with Gasteiger partial charge in [-0.25, -0.2) is 26.6 Å². The zero-order valence-corrected chi connectivity index (χ0v) is 20.7. The average molecular weight is 629 g/mol. The molecule has 0 unspecified atom stereocenters. The summed E-state index contributed by atoms with van der Waals surface area (Å²) < 4.78 is 75.3. The number of nitrogens with one attached hydrogen (secondary N) is 2. The molecule has 0 bridgehead atoms. The van der Waals surface area contributed by atoms with E-state index in [9.17, 15) is 21.6 Å². The molecule has 0 aliphatic heterocycles. The Labute approximate surface area is 206 Å². The Morgan fingerprint density at radius 2 is 1.75 bits per heavy atom. The number of aromatic nitrogens is 2. The van der Waals surface area contributed by atoms with E-state index in [1.165, 1.54) is 24.3 Å². The van der Waals surface area contributed by atoms with Gasteiger partial charge in [-0.15, -0.1) is 11.3 Å². The van der Waals surface area contributed by atoms with Crippen molar-refractivity contribution in [3.05, 3.63) is 68.0 Å². The van der Waals surface area contributed by atoms with Crippen LogP contribution in [0.1, 0.15) is 0 Å². The van der Waals surface area contributed by atoms with Crippen molar-refractivity contribution in [2.45, 2.75) is 4.21 Å². The van der Waals surface area contributed by atoms with Crippen molar-refractivity contribution in [1.29, 1.82) is 0 Å². The third kappa shape index (κ3) is 4.85. The number of hydrogen-bond acceptors (Lipinski definition) is 7. The van der Waals surface area contributed by atoms with E-state index in [2.05, 4.69) is 19.4 Å². The fourth-order valence-corrected chi connectivity index (χ4v) is 6.00. The van der Waals surface area contributed by atoms with Gasteiger partial charge in [-0.3, -0.25) is 4.72 Å². The molecule has 0 spiro atoms. The number of rotatable bonds is 6. The Hall–Kier alpha value is -1.94. The molecule has 32 heavy (non-hydrogen) atoms. The maximum Gasteiger partial charge on any atom is 0.271 e. The van der Waals surface area contributed by atoms with Crippen molar-refractivity contribution < 1.29 is 21.6 Å². The molecule has 2 aromatic carbocycles. The maximum absolute atomic E-state index is 14.5. The summed E-state index contributed by atoms with van der Waals surface area (Å²) in [6, 6.07) is 8.71. The summed E-state index contributed by atoms with van der Waals surface area (Å²) in [7, 11) is -4.20. The minimum Gasteiger partial charge on any atom is -0.349 e. The first-order valence-corrected chi connectivity index (χ1v) is 13.0. The first-order valence-electron chi connectivity index (χ1n) is 8.46. The predicted molar refractivity (Wildman–Crippen MR) is 128 cm³/mol. The minimum atomic E-state index is -4.20. The average Bonchev–Trinajstić information content (AvgIpc) is 3.38. The molecule has 14 heteroatoms. The van der Waals surface area contributed by atoms with Gasteiger partial charge in [-0.2, -0.15) is 4.37 Å². The van der Waals surface area contributed by atoms with E-state index in [1.54, 1.807) is 6.07 Å². The van der Waals surface area contributed by atoms with Crippen LogP contribution in [0, 0.1) is 21.0 Å². The molecule has 2 N–H and O–H groups in total. The van der Waals surface area contributed by atoms with Crippen LogP contribution >= 0.6 is 57.1 Å². The van der Waals surface area contributed by atoms with Crippen molar-refractivity contribution >= 4 is 84.1 Å². The van der Waals surface area contributed by atoms with Crippen LogP contribution in [0.25, 0.3) is 10.7 Å². The van der Waals surface area contributed by atoms with Crippen molar-refractivity contribution in [1.82, 2.24) is 9.36 Å². The molecule has 0 radical (unpaired) electrons. The van der Waals surface area contributed by atoms with Gasteiger partial charge < -0.3 is 5.32 Å². The van der Waals surface area contributed by atoms with Gasteiger partial charge in [0.1, 0.15) is 15.7 Å². The SMILES string of the molecule is O=S(=O)(Nc1ccc(F)c(F)c1Nc1ccc(I)cc1F)c1ccc(-c2nsc(Cl)n2)s1. The molecular weight excluding hydrogens is 620 g/mol. The molecule has 166 valence electrons. The Kier molecular flexibility index (Phi) is 6.63. The molecule has 6 nitrogen and oxygen atoms in total. The molecule has 0 atom stereocenters. The fourth-order valence-electron chi connectivity index (χ4n) is 2.57. The maximum atomic E-state index is 14.5. The Balaban J connectivity index is 1.68. The summed E-state index contributed by atoms with van der Waals surface area (Å²) in [4.78, 5) is 4.44. The molecule has 0 aliphatic carbocycles. The molecule has 0 fully saturated rings. The van der Waals surface area contributed by atoms with Crippen molar-refractivity contribution in [3.63, 3.8) is 0 Å². The second kappa shape index (κ2) is 9.13. The molecule has 0 aliphatic rings. The number of sulfonamides is 1. The number of benzene rings is 2. The predicted octanol–water partition coefficient (Wildman–Crippen LogP) is 6.49. The normalized spacial score (nSPS) is 11.5. The summed E-state index contributed by atoms with van der Waals surface area (Å²) in [6.45, 7) is 0. The molecule has 0 saturated heterocycles. The summed E-state index contributed by atoms with van der Waals surface area (Å²) >= 11 is 9.49. The minimum absolute atomic E-state index is 0.116. The third-order valence-electron chi connectivity index (χ3n) is 4.00. The van der Waals surface area contributed by atoms with E-state index in [0.29, 0.717) is 8.45 Å². The molecular formula is C18H9ClF3IN4O2S3. The molecule has 2 aromatic heterocycles. The van der Waals surface area contributed by atoms with Gasteiger partial charge in [-0.05, 0) is 88.2 Å². The molecule has 4 rings (SSSR count). The van der Waals surface area contributed by atoms with E-state index in [4.69, 9.17) is 11.6 Å². The van der Waals surface area contributed by atoms with Crippen LogP contribution in [0.15, 0.2) is 46.7 Å². The van der Waals surface area contributed by atoms with Crippen LogP contribution in [0.3, 0.4) is 0 Å². The smallest absolute Gasteiger partial charge is 0.271 e. The third-order valence-corrected chi connectivity index (χ3v) is 8.41. The largest absolute Gasteiger partial charge is 0.349 e. The highest BCUT2D eigenvalue weighted by atomic mass is 127. The van der Waals surface area contributed by atoms with E-state index in [1.807, 2.05) is 22.6 Å². The zero-order valence-electron chi connectivity index (χ0n) is 15.4. The van der Waals surface area contributed by atoms with Gasteiger partial charge in [0.25, 0.3) is 10.0 Å². The van der Waals surface area contributed by atoms with Gasteiger partial charge >= 0.3 is 0 Å². The quantitative estimate of drug-likeness (QED) is 0.239. The van der Waals surface area contributed by atoms with E-state index < -0.39 is 33.2 Å². The summed E-state index contributed by atoms with van der Waals surface area (Å²) in [5, 5.41) is 2.43. The lowest BCUT2D eigenvalue weighted by Crippen LogP contribution is -2.14. The van der Waals surface area contributed by atoms with Crippen LogP contribution in [0.4, 0.5) is 30.2 Å².